The molecule has 2 rings (SSSR count). The van der Waals surface area contributed by atoms with Crippen LogP contribution in [-0.2, 0) is 4.79 Å². The first-order valence-electron chi connectivity index (χ1n) is 6.36. The van der Waals surface area contributed by atoms with Crippen molar-refractivity contribution >= 4 is 18.3 Å². The van der Waals surface area contributed by atoms with Gasteiger partial charge in [0, 0.05) is 31.2 Å². The molecule has 5 heteroatoms. The van der Waals surface area contributed by atoms with Crippen molar-refractivity contribution in [2.75, 3.05) is 13.1 Å². The third kappa shape index (κ3) is 4.12. The fraction of sp³-hybridized carbons (Fsp3) is 0.917. The van der Waals surface area contributed by atoms with E-state index in [2.05, 4.69) is 29.4 Å². The third-order valence-corrected chi connectivity index (χ3v) is 3.44. The highest BCUT2D eigenvalue weighted by Crippen LogP contribution is 2.19. The fourth-order valence-electron chi connectivity index (χ4n) is 2.40. The normalized spacial score (nSPS) is 31.5. The van der Waals surface area contributed by atoms with Crippen LogP contribution < -0.4 is 10.6 Å². The third-order valence-electron chi connectivity index (χ3n) is 3.44. The van der Waals surface area contributed by atoms with E-state index >= 15 is 0 Å². The van der Waals surface area contributed by atoms with Crippen molar-refractivity contribution in [2.24, 2.45) is 0 Å². The summed E-state index contributed by atoms with van der Waals surface area (Å²) in [6.45, 7) is 8.29. The highest BCUT2D eigenvalue weighted by atomic mass is 35.5. The zero-order valence-electron chi connectivity index (χ0n) is 10.9. The summed E-state index contributed by atoms with van der Waals surface area (Å²) in [5, 5.41) is 6.56. The van der Waals surface area contributed by atoms with Crippen molar-refractivity contribution in [3.63, 3.8) is 0 Å². The van der Waals surface area contributed by atoms with Crippen molar-refractivity contribution in [1.29, 1.82) is 0 Å². The number of amides is 1. The van der Waals surface area contributed by atoms with Gasteiger partial charge in [-0.1, -0.05) is 0 Å². The fourth-order valence-corrected chi connectivity index (χ4v) is 2.40. The molecule has 100 valence electrons. The molecule has 1 aliphatic heterocycles. The van der Waals surface area contributed by atoms with E-state index in [1.807, 2.05) is 6.92 Å². The summed E-state index contributed by atoms with van der Waals surface area (Å²) in [5.74, 6) is 0.198. The van der Waals surface area contributed by atoms with Gasteiger partial charge in [-0.3, -0.25) is 9.69 Å². The zero-order chi connectivity index (χ0) is 11.7. The number of rotatable bonds is 3. The first kappa shape index (κ1) is 14.7. The minimum Gasteiger partial charge on any atom is -0.352 e. The minimum absolute atomic E-state index is 0. The van der Waals surface area contributed by atoms with Crippen LogP contribution in [0.5, 0.6) is 0 Å². The lowest BCUT2D eigenvalue weighted by molar-refractivity contribution is -0.126. The Morgan fingerprint density at radius 3 is 2.29 bits per heavy atom. The van der Waals surface area contributed by atoms with Crippen LogP contribution >= 0.6 is 12.4 Å². The van der Waals surface area contributed by atoms with Crippen LogP contribution in [-0.4, -0.2) is 48.1 Å². The van der Waals surface area contributed by atoms with Crippen molar-refractivity contribution in [2.45, 2.75) is 57.8 Å². The predicted octanol–water partition coefficient (Wildman–Crippen LogP) is 0.757. The summed E-state index contributed by atoms with van der Waals surface area (Å²) >= 11 is 0. The maximum atomic E-state index is 11.9. The van der Waals surface area contributed by atoms with Gasteiger partial charge >= 0.3 is 0 Å². The molecule has 0 aromatic carbocycles. The standard InChI is InChI=1S/C12H23N3O.ClH/c1-8-6-15(7-9(2)13-8)10(3)12(16)14-11-4-5-11;/h8-11,13H,4-7H2,1-3H3,(H,14,16);1H. The summed E-state index contributed by atoms with van der Waals surface area (Å²) in [4.78, 5) is 14.2. The summed E-state index contributed by atoms with van der Waals surface area (Å²) < 4.78 is 0. The van der Waals surface area contributed by atoms with Crippen LogP contribution in [0.25, 0.3) is 0 Å². The molecule has 0 spiro atoms. The number of nitrogens with zero attached hydrogens (tertiary/aromatic N) is 1. The maximum absolute atomic E-state index is 11.9. The number of carbonyl (C=O) groups excluding carboxylic acids is 1. The molecule has 3 unspecified atom stereocenters. The molecule has 1 amide bonds. The molecule has 0 radical (unpaired) electrons. The molecule has 17 heavy (non-hydrogen) atoms. The molecule has 1 heterocycles. The average Bonchev–Trinajstić information content (AvgIpc) is 2.99. The number of carbonyl (C=O) groups is 1. The summed E-state index contributed by atoms with van der Waals surface area (Å²) in [6.07, 6.45) is 2.32. The topological polar surface area (TPSA) is 44.4 Å². The van der Waals surface area contributed by atoms with Crippen LogP contribution in [0.15, 0.2) is 0 Å². The average molecular weight is 262 g/mol. The van der Waals surface area contributed by atoms with E-state index in [4.69, 9.17) is 0 Å². The Bertz CT molecular complexity index is 260. The quantitative estimate of drug-likeness (QED) is 0.788. The Morgan fingerprint density at radius 2 is 1.82 bits per heavy atom. The van der Waals surface area contributed by atoms with Gasteiger partial charge in [-0.15, -0.1) is 12.4 Å². The molecule has 0 bridgehead atoms. The van der Waals surface area contributed by atoms with Gasteiger partial charge in [0.15, 0.2) is 0 Å². The van der Waals surface area contributed by atoms with E-state index in [9.17, 15) is 4.79 Å². The molecule has 2 fully saturated rings. The van der Waals surface area contributed by atoms with Crippen molar-refractivity contribution in [3.05, 3.63) is 0 Å². The Labute approximate surface area is 110 Å². The smallest absolute Gasteiger partial charge is 0.237 e. The SMILES string of the molecule is CC1CN(C(C)C(=O)NC2CC2)CC(C)N1.Cl. The monoisotopic (exact) mass is 261 g/mol. The predicted molar refractivity (Wildman–Crippen MR) is 71.5 cm³/mol. The van der Waals surface area contributed by atoms with E-state index < -0.39 is 0 Å². The van der Waals surface area contributed by atoms with Gasteiger partial charge < -0.3 is 10.6 Å². The minimum atomic E-state index is 0. The van der Waals surface area contributed by atoms with E-state index in [1.54, 1.807) is 0 Å². The molecule has 2 N–H and O–H groups in total. The second-order valence-corrected chi connectivity index (χ2v) is 5.38. The van der Waals surface area contributed by atoms with Crippen LogP contribution in [0.1, 0.15) is 33.6 Å². The van der Waals surface area contributed by atoms with Crippen molar-refractivity contribution < 1.29 is 4.79 Å². The van der Waals surface area contributed by atoms with Gasteiger partial charge in [-0.25, -0.2) is 0 Å². The molecular weight excluding hydrogens is 238 g/mol. The molecule has 1 aliphatic carbocycles. The van der Waals surface area contributed by atoms with Crippen LogP contribution in [0.3, 0.4) is 0 Å². The lowest BCUT2D eigenvalue weighted by Crippen LogP contribution is -2.59. The largest absolute Gasteiger partial charge is 0.352 e. The molecule has 2 aliphatic rings. The molecule has 3 atom stereocenters. The Balaban J connectivity index is 0.00000144. The molecule has 1 saturated carbocycles. The van der Waals surface area contributed by atoms with Crippen LogP contribution in [0, 0.1) is 0 Å². The van der Waals surface area contributed by atoms with Crippen LogP contribution in [0.4, 0.5) is 0 Å². The van der Waals surface area contributed by atoms with Crippen LogP contribution in [0.2, 0.25) is 0 Å². The lowest BCUT2D eigenvalue weighted by atomic mass is 10.1. The second-order valence-electron chi connectivity index (χ2n) is 5.38. The van der Waals surface area contributed by atoms with Gasteiger partial charge in [-0.2, -0.15) is 0 Å². The van der Waals surface area contributed by atoms with E-state index in [1.165, 1.54) is 0 Å². The lowest BCUT2D eigenvalue weighted by Gasteiger charge is -2.39. The molecule has 4 nitrogen and oxygen atoms in total. The number of hydrogen-bond donors (Lipinski definition) is 2. The molecule has 1 saturated heterocycles. The molecule has 0 aromatic rings. The Hall–Kier alpha value is -0.320. The van der Waals surface area contributed by atoms with Gasteiger partial charge in [0.05, 0.1) is 6.04 Å². The number of hydrogen-bond acceptors (Lipinski definition) is 3. The van der Waals surface area contributed by atoms with E-state index in [0.29, 0.717) is 18.1 Å². The maximum Gasteiger partial charge on any atom is 0.237 e. The summed E-state index contributed by atoms with van der Waals surface area (Å²) in [6, 6.07) is 1.42. The first-order valence-corrected chi connectivity index (χ1v) is 6.36. The van der Waals surface area contributed by atoms with Gasteiger partial charge in [-0.05, 0) is 33.6 Å². The van der Waals surface area contributed by atoms with Gasteiger partial charge in [0.1, 0.15) is 0 Å². The summed E-state index contributed by atoms with van der Waals surface area (Å²) in [7, 11) is 0. The highest BCUT2D eigenvalue weighted by Gasteiger charge is 2.31. The molecule has 0 aromatic heterocycles. The molecular formula is C12H24ClN3O. The van der Waals surface area contributed by atoms with Crippen molar-refractivity contribution in [1.82, 2.24) is 15.5 Å². The summed E-state index contributed by atoms with van der Waals surface area (Å²) in [5.41, 5.74) is 0. The number of piperazine rings is 1. The first-order chi connectivity index (χ1) is 7.56. The number of halogens is 1. The van der Waals surface area contributed by atoms with Gasteiger partial charge in [0.2, 0.25) is 5.91 Å². The van der Waals surface area contributed by atoms with E-state index in [-0.39, 0.29) is 24.4 Å². The van der Waals surface area contributed by atoms with Crippen molar-refractivity contribution in [3.8, 4) is 0 Å². The zero-order valence-corrected chi connectivity index (χ0v) is 11.7. The Kier molecular flexibility index (Phi) is 5.22. The van der Waals surface area contributed by atoms with E-state index in [0.717, 1.165) is 25.9 Å². The number of nitrogens with one attached hydrogen (secondary N) is 2. The Morgan fingerprint density at radius 1 is 1.29 bits per heavy atom. The van der Waals surface area contributed by atoms with Gasteiger partial charge in [0.25, 0.3) is 0 Å². The second kappa shape index (κ2) is 6.03. The highest BCUT2D eigenvalue weighted by molar-refractivity contribution is 5.85.